The van der Waals surface area contributed by atoms with Crippen LogP contribution in [0, 0.1) is 0 Å². The van der Waals surface area contributed by atoms with Gasteiger partial charge in [0.1, 0.15) is 6.23 Å². The van der Waals surface area contributed by atoms with Crippen LogP contribution >= 0.6 is 0 Å². The highest BCUT2D eigenvalue weighted by Gasteiger charge is 2.38. The molecule has 0 spiro atoms. The Hall–Kier alpha value is -2.34. The van der Waals surface area contributed by atoms with Gasteiger partial charge in [-0.15, -0.1) is 0 Å². The Labute approximate surface area is 154 Å². The van der Waals surface area contributed by atoms with E-state index < -0.39 is 12.2 Å². The number of nitrogens with zero attached hydrogens (tertiary/aromatic N) is 1. The molecule has 0 aliphatic carbocycles. The zero-order valence-corrected chi connectivity index (χ0v) is 15.6. The van der Waals surface area contributed by atoms with Gasteiger partial charge in [-0.05, 0) is 25.8 Å². The SMILES string of the molecule is CCOC(=O)/C=C1\C(CC)OC(CC(=O)OCC)N1Cc1ccccc1. The Morgan fingerprint density at radius 3 is 2.42 bits per heavy atom. The number of hydrogen-bond acceptors (Lipinski definition) is 6. The second-order valence-electron chi connectivity index (χ2n) is 5.93. The fourth-order valence-electron chi connectivity index (χ4n) is 2.96. The Morgan fingerprint density at radius 2 is 1.81 bits per heavy atom. The molecule has 0 N–H and O–H groups in total. The molecule has 0 bridgehead atoms. The van der Waals surface area contributed by atoms with Crippen LogP contribution in [0.2, 0.25) is 0 Å². The van der Waals surface area contributed by atoms with Gasteiger partial charge in [0.05, 0.1) is 31.4 Å². The molecule has 1 aliphatic heterocycles. The summed E-state index contributed by atoms with van der Waals surface area (Å²) >= 11 is 0. The van der Waals surface area contributed by atoms with Crippen LogP contribution in [-0.2, 0) is 30.3 Å². The van der Waals surface area contributed by atoms with E-state index in [1.807, 2.05) is 42.2 Å². The van der Waals surface area contributed by atoms with Crippen LogP contribution in [0.4, 0.5) is 0 Å². The molecule has 0 radical (unpaired) electrons. The van der Waals surface area contributed by atoms with Crippen molar-refractivity contribution in [3.05, 3.63) is 47.7 Å². The lowest BCUT2D eigenvalue weighted by Crippen LogP contribution is -2.31. The number of carbonyl (C=O) groups is 2. The summed E-state index contributed by atoms with van der Waals surface area (Å²) in [5, 5.41) is 0. The maximum absolute atomic E-state index is 12.0. The lowest BCUT2D eigenvalue weighted by molar-refractivity contribution is -0.148. The molecule has 142 valence electrons. The molecule has 0 amide bonds. The van der Waals surface area contributed by atoms with E-state index in [1.54, 1.807) is 13.8 Å². The summed E-state index contributed by atoms with van der Waals surface area (Å²) in [6, 6.07) is 9.87. The molecule has 1 fully saturated rings. The summed E-state index contributed by atoms with van der Waals surface area (Å²) in [4.78, 5) is 26.0. The predicted octanol–water partition coefficient (Wildman–Crippen LogP) is 3.02. The van der Waals surface area contributed by atoms with Crippen LogP contribution in [0.1, 0.15) is 39.2 Å². The van der Waals surface area contributed by atoms with Gasteiger partial charge >= 0.3 is 11.9 Å². The van der Waals surface area contributed by atoms with Gasteiger partial charge in [0.2, 0.25) is 0 Å². The maximum Gasteiger partial charge on any atom is 0.332 e. The number of hydrogen-bond donors (Lipinski definition) is 0. The zero-order chi connectivity index (χ0) is 18.9. The van der Waals surface area contributed by atoms with Crippen LogP contribution < -0.4 is 0 Å². The number of ether oxygens (including phenoxy) is 3. The van der Waals surface area contributed by atoms with Crippen molar-refractivity contribution in [3.63, 3.8) is 0 Å². The standard InChI is InChI=1S/C20H27NO5/c1-4-17-16(12-19(22)24-5-2)21(14-15-10-8-7-9-11-15)18(26-17)13-20(23)25-6-3/h7-12,17-18H,4-6,13-14H2,1-3H3/b16-12+. The Bertz CT molecular complexity index is 628. The average molecular weight is 361 g/mol. The molecule has 1 saturated heterocycles. The van der Waals surface area contributed by atoms with Crippen LogP contribution in [-0.4, -0.2) is 42.4 Å². The van der Waals surface area contributed by atoms with Gasteiger partial charge in [-0.1, -0.05) is 37.3 Å². The lowest BCUT2D eigenvalue weighted by Gasteiger charge is -2.25. The normalized spacial score (nSPS) is 21.0. The Morgan fingerprint density at radius 1 is 1.12 bits per heavy atom. The predicted molar refractivity (Wildman–Crippen MR) is 96.9 cm³/mol. The fourth-order valence-corrected chi connectivity index (χ4v) is 2.96. The van der Waals surface area contributed by atoms with Crippen LogP contribution in [0.15, 0.2) is 42.1 Å². The van der Waals surface area contributed by atoms with E-state index in [9.17, 15) is 9.59 Å². The van der Waals surface area contributed by atoms with Crippen molar-refractivity contribution in [1.82, 2.24) is 4.90 Å². The summed E-state index contributed by atoms with van der Waals surface area (Å²) in [6.45, 7) is 6.70. The van der Waals surface area contributed by atoms with E-state index in [0.29, 0.717) is 26.2 Å². The minimum absolute atomic E-state index is 0.108. The summed E-state index contributed by atoms with van der Waals surface area (Å²) in [5.41, 5.74) is 1.81. The highest BCUT2D eigenvalue weighted by Crippen LogP contribution is 2.32. The zero-order valence-electron chi connectivity index (χ0n) is 15.6. The lowest BCUT2D eigenvalue weighted by atomic mass is 10.1. The average Bonchev–Trinajstić information content (AvgIpc) is 2.93. The van der Waals surface area contributed by atoms with Gasteiger partial charge in [0.25, 0.3) is 0 Å². The molecule has 1 aliphatic rings. The third-order valence-corrected chi connectivity index (χ3v) is 4.10. The van der Waals surface area contributed by atoms with Gasteiger partial charge in [-0.3, -0.25) is 4.79 Å². The van der Waals surface area contributed by atoms with Gasteiger partial charge in [0.15, 0.2) is 0 Å². The molecule has 1 aromatic rings. The maximum atomic E-state index is 12.0. The first kappa shape index (κ1) is 20.0. The quantitative estimate of drug-likeness (QED) is 0.524. The number of benzene rings is 1. The minimum Gasteiger partial charge on any atom is -0.466 e. The minimum atomic E-state index is -0.472. The number of rotatable bonds is 8. The van der Waals surface area contributed by atoms with Crippen molar-refractivity contribution >= 4 is 11.9 Å². The van der Waals surface area contributed by atoms with Gasteiger partial charge < -0.3 is 19.1 Å². The van der Waals surface area contributed by atoms with Crippen LogP contribution in [0.5, 0.6) is 0 Å². The highest BCUT2D eigenvalue weighted by molar-refractivity contribution is 5.83. The monoisotopic (exact) mass is 361 g/mol. The van der Waals surface area contributed by atoms with Gasteiger partial charge in [0, 0.05) is 12.6 Å². The molecule has 2 unspecified atom stereocenters. The van der Waals surface area contributed by atoms with Crippen molar-refractivity contribution in [2.24, 2.45) is 0 Å². The molecule has 1 aromatic carbocycles. The fraction of sp³-hybridized carbons (Fsp3) is 0.500. The summed E-state index contributed by atoms with van der Waals surface area (Å²) in [5.74, 6) is -0.720. The summed E-state index contributed by atoms with van der Waals surface area (Å²) in [6.07, 6.45) is 1.54. The molecule has 2 rings (SSSR count). The molecule has 6 nitrogen and oxygen atoms in total. The van der Waals surface area contributed by atoms with E-state index >= 15 is 0 Å². The first-order valence-electron chi connectivity index (χ1n) is 9.08. The van der Waals surface area contributed by atoms with Crippen molar-refractivity contribution in [2.45, 2.75) is 52.5 Å². The van der Waals surface area contributed by atoms with Crippen molar-refractivity contribution in [2.75, 3.05) is 13.2 Å². The molecule has 6 heteroatoms. The van der Waals surface area contributed by atoms with E-state index in [4.69, 9.17) is 14.2 Å². The van der Waals surface area contributed by atoms with Crippen molar-refractivity contribution < 1.29 is 23.8 Å². The van der Waals surface area contributed by atoms with Gasteiger partial charge in [-0.2, -0.15) is 0 Å². The van der Waals surface area contributed by atoms with E-state index in [0.717, 1.165) is 11.3 Å². The molecule has 1 heterocycles. The second-order valence-corrected chi connectivity index (χ2v) is 5.93. The highest BCUT2D eigenvalue weighted by atomic mass is 16.5. The Balaban J connectivity index is 2.28. The number of carbonyl (C=O) groups excluding carboxylic acids is 2. The second kappa shape index (κ2) is 9.97. The van der Waals surface area contributed by atoms with Crippen LogP contribution in [0.3, 0.4) is 0 Å². The van der Waals surface area contributed by atoms with E-state index in [-0.39, 0.29) is 18.5 Å². The molecule has 0 saturated carbocycles. The molecule has 26 heavy (non-hydrogen) atoms. The van der Waals surface area contributed by atoms with E-state index in [1.165, 1.54) is 6.08 Å². The molecular formula is C20H27NO5. The van der Waals surface area contributed by atoms with E-state index in [2.05, 4.69) is 0 Å². The number of esters is 2. The van der Waals surface area contributed by atoms with Gasteiger partial charge in [-0.25, -0.2) is 4.79 Å². The molecule has 2 atom stereocenters. The summed E-state index contributed by atoms with van der Waals surface area (Å²) < 4.78 is 16.2. The first-order valence-corrected chi connectivity index (χ1v) is 9.08. The third kappa shape index (κ3) is 5.33. The third-order valence-electron chi connectivity index (χ3n) is 4.10. The van der Waals surface area contributed by atoms with Crippen molar-refractivity contribution in [1.29, 1.82) is 0 Å². The topological polar surface area (TPSA) is 65.1 Å². The first-order chi connectivity index (χ1) is 12.6. The summed E-state index contributed by atoms with van der Waals surface area (Å²) in [7, 11) is 0. The van der Waals surface area contributed by atoms with Crippen molar-refractivity contribution in [3.8, 4) is 0 Å². The van der Waals surface area contributed by atoms with Crippen LogP contribution in [0.25, 0.3) is 0 Å². The Kier molecular flexibility index (Phi) is 7.66. The molecule has 0 aromatic heterocycles. The largest absolute Gasteiger partial charge is 0.466 e. The smallest absolute Gasteiger partial charge is 0.332 e. The molecular weight excluding hydrogens is 334 g/mol.